The normalized spacial score (nSPS) is 15.2. The molecule has 1 saturated heterocycles. The van der Waals surface area contributed by atoms with Gasteiger partial charge in [-0.15, -0.1) is 0 Å². The fourth-order valence-electron chi connectivity index (χ4n) is 4.12. The number of benzene rings is 2. The minimum Gasteiger partial charge on any atom is -0.324 e. The highest BCUT2D eigenvalue weighted by molar-refractivity contribution is 7.89. The van der Waals surface area contributed by atoms with Crippen LogP contribution in [0.15, 0.2) is 70.4 Å². The molecule has 9 heteroatoms. The third-order valence-corrected chi connectivity index (χ3v) is 8.06. The van der Waals surface area contributed by atoms with Crippen LogP contribution in [0.5, 0.6) is 0 Å². The Bertz CT molecular complexity index is 1350. The van der Waals surface area contributed by atoms with Crippen LogP contribution in [-0.2, 0) is 14.8 Å². The average Bonchev–Trinajstić information content (AvgIpc) is 3.38. The maximum absolute atomic E-state index is 13.2. The number of carbonyl (C=O) groups is 1. The Morgan fingerprint density at radius 1 is 1.06 bits per heavy atom. The van der Waals surface area contributed by atoms with Crippen molar-refractivity contribution in [2.45, 2.75) is 44.0 Å². The summed E-state index contributed by atoms with van der Waals surface area (Å²) in [6, 6.07) is 16.2. The predicted octanol–water partition coefficient (Wildman–Crippen LogP) is 3.59. The van der Waals surface area contributed by atoms with Gasteiger partial charge in [0, 0.05) is 30.4 Å². The zero-order valence-corrected chi connectivity index (χ0v) is 20.1. The minimum atomic E-state index is -3.61. The molecule has 1 aromatic heterocycles. The molecule has 0 bridgehead atoms. The van der Waals surface area contributed by atoms with Crippen LogP contribution in [0.4, 0.5) is 5.69 Å². The molecule has 2 aromatic carbocycles. The van der Waals surface area contributed by atoms with Gasteiger partial charge < -0.3 is 5.32 Å². The minimum absolute atomic E-state index is 0.236. The van der Waals surface area contributed by atoms with Crippen LogP contribution in [0.25, 0.3) is 11.3 Å². The van der Waals surface area contributed by atoms with Crippen molar-refractivity contribution in [2.24, 2.45) is 0 Å². The van der Waals surface area contributed by atoms with Gasteiger partial charge in [-0.25, -0.2) is 13.1 Å². The predicted molar refractivity (Wildman–Crippen MR) is 131 cm³/mol. The number of aryl methyl sites for hydroxylation is 1. The summed E-state index contributed by atoms with van der Waals surface area (Å²) in [6.07, 6.45) is 2.07. The molecule has 1 amide bonds. The van der Waals surface area contributed by atoms with Crippen LogP contribution >= 0.6 is 0 Å². The number of para-hydroxylation sites is 1. The maximum atomic E-state index is 13.2. The number of rotatable bonds is 7. The molecular formula is C25H28N4O4S. The second-order valence-corrected chi connectivity index (χ2v) is 10.3. The van der Waals surface area contributed by atoms with Crippen molar-refractivity contribution in [3.63, 3.8) is 0 Å². The van der Waals surface area contributed by atoms with Crippen LogP contribution < -0.4 is 10.9 Å². The number of aromatic nitrogens is 2. The molecule has 2 heterocycles. The Hall–Kier alpha value is -3.30. The van der Waals surface area contributed by atoms with Crippen molar-refractivity contribution in [3.05, 3.63) is 76.6 Å². The van der Waals surface area contributed by atoms with Gasteiger partial charge in [-0.2, -0.15) is 9.40 Å². The van der Waals surface area contributed by atoms with Gasteiger partial charge in [0.2, 0.25) is 15.9 Å². The van der Waals surface area contributed by atoms with Crippen molar-refractivity contribution in [1.82, 2.24) is 14.1 Å². The quantitative estimate of drug-likeness (QED) is 0.557. The van der Waals surface area contributed by atoms with E-state index < -0.39 is 21.6 Å². The van der Waals surface area contributed by atoms with E-state index in [4.69, 9.17) is 0 Å². The maximum Gasteiger partial charge on any atom is 0.267 e. The standard InChI is InChI=1S/C25H28N4O4S/c1-3-22(25(31)26-20-9-5-4-6-10-20)29-24(30)14-13-21(27-29)19-12-11-18(2)23(17-19)34(32,33)28-15-7-8-16-28/h4-6,9-14,17,22H,3,7-8,15-16H2,1-2H3,(H,26,31). The van der Waals surface area contributed by atoms with Gasteiger partial charge in [0.1, 0.15) is 6.04 Å². The molecule has 1 unspecified atom stereocenters. The third kappa shape index (κ3) is 4.80. The van der Waals surface area contributed by atoms with E-state index in [1.165, 1.54) is 15.1 Å². The van der Waals surface area contributed by atoms with Crippen LogP contribution in [0, 0.1) is 6.92 Å². The van der Waals surface area contributed by atoms with Crippen molar-refractivity contribution in [3.8, 4) is 11.3 Å². The Kier molecular flexibility index (Phi) is 6.95. The van der Waals surface area contributed by atoms with E-state index in [1.807, 2.05) is 25.1 Å². The third-order valence-electron chi connectivity index (χ3n) is 6.02. The van der Waals surface area contributed by atoms with E-state index in [1.54, 1.807) is 43.3 Å². The molecule has 4 rings (SSSR count). The molecular weight excluding hydrogens is 452 g/mol. The van der Waals surface area contributed by atoms with Crippen molar-refractivity contribution in [1.29, 1.82) is 0 Å². The number of nitrogens with one attached hydrogen (secondary N) is 1. The molecule has 3 aromatic rings. The van der Waals surface area contributed by atoms with Crippen LogP contribution in [-0.4, -0.2) is 41.5 Å². The first kappa shape index (κ1) is 23.8. The highest BCUT2D eigenvalue weighted by Gasteiger charge is 2.29. The van der Waals surface area contributed by atoms with Crippen LogP contribution in [0.2, 0.25) is 0 Å². The summed E-state index contributed by atoms with van der Waals surface area (Å²) in [5.41, 5.74) is 1.86. The number of anilines is 1. The highest BCUT2D eigenvalue weighted by Crippen LogP contribution is 2.28. The van der Waals surface area contributed by atoms with Gasteiger partial charge in [-0.05, 0) is 56.0 Å². The van der Waals surface area contributed by atoms with Crippen LogP contribution in [0.1, 0.15) is 37.8 Å². The molecule has 0 saturated carbocycles. The Morgan fingerprint density at radius 3 is 2.44 bits per heavy atom. The summed E-state index contributed by atoms with van der Waals surface area (Å²) in [6.45, 7) is 4.61. The van der Waals surface area contributed by atoms with E-state index in [9.17, 15) is 18.0 Å². The molecule has 0 aliphatic carbocycles. The first-order valence-corrected chi connectivity index (χ1v) is 12.8. The second kappa shape index (κ2) is 9.90. The topological polar surface area (TPSA) is 101 Å². The first-order chi connectivity index (χ1) is 16.3. The average molecular weight is 481 g/mol. The second-order valence-electron chi connectivity index (χ2n) is 8.37. The lowest BCUT2D eigenvalue weighted by Crippen LogP contribution is -2.34. The van der Waals surface area contributed by atoms with Crippen molar-refractivity contribution >= 4 is 21.6 Å². The number of hydrogen-bond donors (Lipinski definition) is 1. The molecule has 34 heavy (non-hydrogen) atoms. The summed E-state index contributed by atoms with van der Waals surface area (Å²) in [5.74, 6) is -0.346. The molecule has 178 valence electrons. The zero-order valence-electron chi connectivity index (χ0n) is 19.3. The van der Waals surface area contributed by atoms with Crippen molar-refractivity contribution < 1.29 is 13.2 Å². The van der Waals surface area contributed by atoms with Gasteiger partial charge in [-0.3, -0.25) is 9.59 Å². The SMILES string of the molecule is CCC(C(=O)Nc1ccccc1)n1nc(-c2ccc(C)c(S(=O)(=O)N3CCCC3)c2)ccc1=O. The monoisotopic (exact) mass is 480 g/mol. The Morgan fingerprint density at radius 2 is 1.76 bits per heavy atom. The number of carbonyl (C=O) groups excluding carboxylic acids is 1. The van der Waals surface area contributed by atoms with Gasteiger partial charge in [0.25, 0.3) is 5.56 Å². The molecule has 1 fully saturated rings. The van der Waals surface area contributed by atoms with Crippen LogP contribution in [0.3, 0.4) is 0 Å². The Balaban J connectivity index is 1.69. The van der Waals surface area contributed by atoms with Gasteiger partial charge >= 0.3 is 0 Å². The van der Waals surface area contributed by atoms with E-state index in [-0.39, 0.29) is 10.8 Å². The van der Waals surface area contributed by atoms with E-state index in [2.05, 4.69) is 10.4 Å². The molecule has 8 nitrogen and oxygen atoms in total. The fourth-order valence-corrected chi connectivity index (χ4v) is 5.89. The molecule has 1 atom stereocenters. The lowest BCUT2D eigenvalue weighted by atomic mass is 10.1. The molecule has 0 radical (unpaired) electrons. The smallest absolute Gasteiger partial charge is 0.267 e. The summed E-state index contributed by atoms with van der Waals surface area (Å²) >= 11 is 0. The van der Waals surface area contributed by atoms with Gasteiger partial charge in [0.15, 0.2) is 0 Å². The highest BCUT2D eigenvalue weighted by atomic mass is 32.2. The number of amides is 1. The summed E-state index contributed by atoms with van der Waals surface area (Å²) in [5, 5.41) is 7.28. The number of sulfonamides is 1. The largest absolute Gasteiger partial charge is 0.324 e. The molecule has 1 aliphatic rings. The number of nitrogens with zero attached hydrogens (tertiary/aromatic N) is 3. The fraction of sp³-hybridized carbons (Fsp3) is 0.320. The summed E-state index contributed by atoms with van der Waals surface area (Å²) in [7, 11) is -3.61. The summed E-state index contributed by atoms with van der Waals surface area (Å²) in [4.78, 5) is 25.8. The Labute approximate surface area is 199 Å². The lowest BCUT2D eigenvalue weighted by Gasteiger charge is -2.19. The lowest BCUT2D eigenvalue weighted by molar-refractivity contribution is -0.119. The van der Waals surface area contributed by atoms with Gasteiger partial charge in [-0.1, -0.05) is 37.3 Å². The molecule has 1 N–H and O–H groups in total. The van der Waals surface area contributed by atoms with E-state index >= 15 is 0 Å². The van der Waals surface area contributed by atoms with Gasteiger partial charge in [0.05, 0.1) is 10.6 Å². The van der Waals surface area contributed by atoms with Crippen molar-refractivity contribution in [2.75, 3.05) is 18.4 Å². The van der Waals surface area contributed by atoms with E-state index in [0.29, 0.717) is 42.0 Å². The first-order valence-electron chi connectivity index (χ1n) is 11.4. The summed E-state index contributed by atoms with van der Waals surface area (Å²) < 4.78 is 29.0. The zero-order chi connectivity index (χ0) is 24.3. The number of hydrogen-bond acceptors (Lipinski definition) is 5. The molecule has 1 aliphatic heterocycles. The van der Waals surface area contributed by atoms with E-state index in [0.717, 1.165) is 12.8 Å². The molecule has 0 spiro atoms.